The molecule has 2 aromatic heterocycles. The van der Waals surface area contributed by atoms with Crippen molar-refractivity contribution in [1.82, 2.24) is 15.0 Å². The molecule has 2 bridgehead atoms. The Labute approximate surface area is 236 Å². The predicted octanol–water partition coefficient (Wildman–Crippen LogP) is 5.80. The number of nitrogens with zero attached hydrogens (tertiary/aromatic N) is 3. The van der Waals surface area contributed by atoms with Crippen molar-refractivity contribution in [1.29, 1.82) is 0 Å². The number of hydrogen-bond acceptors (Lipinski definition) is 7. The molecule has 2 N–H and O–H groups in total. The van der Waals surface area contributed by atoms with Gasteiger partial charge in [0, 0.05) is 11.6 Å². The molecule has 3 aliphatic heterocycles. The number of amides is 1. The minimum Gasteiger partial charge on any atom is -0.363 e. The van der Waals surface area contributed by atoms with Gasteiger partial charge in [0.2, 0.25) is 0 Å². The van der Waals surface area contributed by atoms with Gasteiger partial charge in [-0.1, -0.05) is 19.9 Å². The van der Waals surface area contributed by atoms with Gasteiger partial charge in [0.25, 0.3) is 5.91 Å². The maximum absolute atomic E-state index is 13.2. The summed E-state index contributed by atoms with van der Waals surface area (Å²) in [5, 5.41) is 3.07. The minimum atomic E-state index is -0.613. The van der Waals surface area contributed by atoms with E-state index in [0.29, 0.717) is 12.2 Å². The monoisotopic (exact) mass is 547 g/mol. The number of aromatic nitrogens is 3. The lowest BCUT2D eigenvalue weighted by Crippen LogP contribution is -2.46. The average molecular weight is 548 g/mol. The van der Waals surface area contributed by atoms with E-state index < -0.39 is 17.0 Å². The molecule has 5 heterocycles. The van der Waals surface area contributed by atoms with Gasteiger partial charge >= 0.3 is 0 Å². The van der Waals surface area contributed by atoms with Gasteiger partial charge in [-0.2, -0.15) is 0 Å². The van der Waals surface area contributed by atoms with Gasteiger partial charge in [0.1, 0.15) is 12.2 Å². The van der Waals surface area contributed by atoms with Crippen molar-refractivity contribution in [3.63, 3.8) is 0 Å². The number of rotatable bonds is 6. The summed E-state index contributed by atoms with van der Waals surface area (Å²) in [4.78, 5) is 29.5. The lowest BCUT2D eigenvalue weighted by Gasteiger charge is -2.43. The Morgan fingerprint density at radius 2 is 1.82 bits per heavy atom. The molecule has 4 aliphatic rings. The first-order chi connectivity index (χ1) is 18.8. The molecule has 40 heavy (non-hydrogen) atoms. The molecule has 5 atom stereocenters. The highest BCUT2D eigenvalue weighted by molar-refractivity contribution is 6.03. The van der Waals surface area contributed by atoms with Crippen molar-refractivity contribution in [3.8, 4) is 0 Å². The number of anilines is 1. The Morgan fingerprint density at radius 3 is 2.45 bits per heavy atom. The number of carbonyl (C=O) groups excluding carboxylic acids is 1. The molecule has 0 radical (unpaired) electrons. The van der Waals surface area contributed by atoms with Gasteiger partial charge < -0.3 is 24.5 Å². The van der Waals surface area contributed by atoms with Crippen LogP contribution in [0.2, 0.25) is 0 Å². The molecule has 1 amide bonds. The largest absolute Gasteiger partial charge is 0.363 e. The van der Waals surface area contributed by atoms with Crippen LogP contribution >= 0.6 is 0 Å². The molecular weight excluding hydrogens is 506 g/mol. The molecule has 9 nitrogen and oxygen atoms in total. The van der Waals surface area contributed by atoms with Gasteiger partial charge in [0.15, 0.2) is 11.6 Å². The Bertz CT molecular complexity index is 1350. The van der Waals surface area contributed by atoms with Crippen LogP contribution < -0.4 is 5.32 Å². The maximum atomic E-state index is 13.2. The fourth-order valence-corrected chi connectivity index (χ4v) is 7.07. The fraction of sp³-hybridized carbons (Fsp3) is 0.613. The van der Waals surface area contributed by atoms with E-state index in [0.717, 1.165) is 49.2 Å². The van der Waals surface area contributed by atoms with Crippen molar-refractivity contribution >= 4 is 23.9 Å². The molecule has 0 saturated carbocycles. The topological polar surface area (TPSA) is 111 Å². The van der Waals surface area contributed by atoms with Crippen LogP contribution in [0.1, 0.15) is 107 Å². The number of nitrogens with one attached hydrogen (secondary N) is 2. The van der Waals surface area contributed by atoms with E-state index in [9.17, 15) is 4.79 Å². The van der Waals surface area contributed by atoms with Gasteiger partial charge in [-0.15, -0.1) is 0 Å². The molecule has 3 saturated heterocycles. The highest BCUT2D eigenvalue weighted by atomic mass is 16.8. The highest BCUT2D eigenvalue weighted by Gasteiger charge is 2.68. The van der Waals surface area contributed by atoms with Gasteiger partial charge in [-0.05, 0) is 89.6 Å². The summed E-state index contributed by atoms with van der Waals surface area (Å²) in [6.07, 6.45) is 8.20. The third-order valence-electron chi connectivity index (χ3n) is 9.06. The molecule has 2 aromatic rings. The third kappa shape index (κ3) is 4.82. The summed E-state index contributed by atoms with van der Waals surface area (Å²) in [6.45, 7) is 16.7. The molecule has 9 heteroatoms. The van der Waals surface area contributed by atoms with E-state index in [1.54, 1.807) is 6.20 Å². The Kier molecular flexibility index (Phi) is 6.36. The van der Waals surface area contributed by atoms with Crippen molar-refractivity contribution in [2.45, 2.75) is 115 Å². The summed E-state index contributed by atoms with van der Waals surface area (Å²) >= 11 is 0. The van der Waals surface area contributed by atoms with E-state index in [4.69, 9.17) is 19.2 Å². The van der Waals surface area contributed by atoms with Gasteiger partial charge in [0.05, 0.1) is 41.0 Å². The molecule has 6 rings (SSSR count). The van der Waals surface area contributed by atoms with Crippen LogP contribution in [0.5, 0.6) is 0 Å². The number of hydrogen-bond donors (Lipinski definition) is 2. The number of fused-ring (bicyclic) bond motifs is 5. The van der Waals surface area contributed by atoms with Gasteiger partial charge in [-0.25, -0.2) is 4.98 Å². The average Bonchev–Trinajstić information content (AvgIpc) is 3.52. The van der Waals surface area contributed by atoms with E-state index >= 15 is 0 Å². The number of pyridine rings is 1. The van der Waals surface area contributed by atoms with Crippen molar-refractivity contribution in [2.75, 3.05) is 5.32 Å². The normalized spacial score (nSPS) is 33.8. The molecule has 0 spiro atoms. The zero-order valence-corrected chi connectivity index (χ0v) is 24.5. The van der Waals surface area contributed by atoms with E-state index in [1.165, 1.54) is 5.57 Å². The van der Waals surface area contributed by atoms with Crippen LogP contribution in [-0.2, 0) is 20.8 Å². The quantitative estimate of drug-likeness (QED) is 0.443. The van der Waals surface area contributed by atoms with Gasteiger partial charge in [-0.3, -0.25) is 14.8 Å². The Balaban J connectivity index is 1.32. The lowest BCUT2D eigenvalue weighted by atomic mass is 9.77. The van der Waals surface area contributed by atoms with Crippen molar-refractivity contribution in [3.05, 3.63) is 47.3 Å². The number of aromatic amines is 1. The first-order valence-corrected chi connectivity index (χ1v) is 14.3. The summed E-state index contributed by atoms with van der Waals surface area (Å²) in [5.74, 6) is -0.508. The summed E-state index contributed by atoms with van der Waals surface area (Å²) in [7, 11) is 0. The number of carbonyl (C=O) groups is 1. The Hall–Kier alpha value is -2.88. The molecule has 1 aliphatic carbocycles. The number of aliphatic imine (C=N–C) groups is 1. The van der Waals surface area contributed by atoms with Crippen molar-refractivity contribution < 1.29 is 19.0 Å². The number of ether oxygens (including phenoxy) is 3. The summed E-state index contributed by atoms with van der Waals surface area (Å²) < 4.78 is 19.3. The van der Waals surface area contributed by atoms with Crippen LogP contribution in [0.15, 0.2) is 29.4 Å². The maximum Gasteiger partial charge on any atom is 0.291 e. The minimum absolute atomic E-state index is 0.117. The van der Waals surface area contributed by atoms with Crippen molar-refractivity contribution in [2.24, 2.45) is 10.4 Å². The number of imidazole rings is 1. The van der Waals surface area contributed by atoms with Crippen LogP contribution in [0.3, 0.4) is 0 Å². The first kappa shape index (κ1) is 27.3. The summed E-state index contributed by atoms with van der Waals surface area (Å²) in [5.41, 5.74) is 3.78. The van der Waals surface area contributed by atoms with Crippen LogP contribution in [-0.4, -0.2) is 56.8 Å². The molecule has 214 valence electrons. The van der Waals surface area contributed by atoms with E-state index in [2.05, 4.69) is 60.8 Å². The van der Waals surface area contributed by atoms with E-state index in [1.807, 2.05) is 26.0 Å². The highest BCUT2D eigenvalue weighted by Crippen LogP contribution is 2.58. The lowest BCUT2D eigenvalue weighted by molar-refractivity contribution is -0.242. The summed E-state index contributed by atoms with van der Waals surface area (Å²) in [6, 6.07) is 4.04. The first-order valence-electron chi connectivity index (χ1n) is 14.3. The Morgan fingerprint density at radius 1 is 1.12 bits per heavy atom. The van der Waals surface area contributed by atoms with Crippen LogP contribution in [0, 0.1) is 5.41 Å². The molecule has 0 aromatic carbocycles. The SMILES string of the molecule is C=NCc1cnc(C(=O)Nc2ccc(C3C[C@@]4(C)O[C@@](C)(C3)[C@@H]3OC(C)(C)O[C@@H]34)nc2C2=CCC(C)(C)CC2)[nH]1. The molecule has 3 fully saturated rings. The van der Waals surface area contributed by atoms with E-state index in [-0.39, 0.29) is 35.3 Å². The molecule has 1 unspecified atom stereocenters. The second kappa shape index (κ2) is 9.33. The third-order valence-corrected chi connectivity index (χ3v) is 9.06. The predicted molar refractivity (Wildman–Crippen MR) is 153 cm³/mol. The zero-order chi connectivity index (χ0) is 28.5. The van der Waals surface area contributed by atoms with Crippen LogP contribution in [0.4, 0.5) is 5.69 Å². The second-order valence-corrected chi connectivity index (χ2v) is 13.6. The standard InChI is InChI=1S/C31H41N5O4/c1-28(2)12-10-18(11-13-28)23-22(36-27(37)26-33-17-20(34-26)16-32-7)9-8-21(35-23)19-14-30(5)24-25(31(6,15-19)40-30)39-29(3,4)38-24/h8-10,17,19,24-25H,7,11-16H2,1-6H3,(H,33,34)(H,36,37)/t19?,24-,25+,30+,31-. The molecular formula is C31H41N5O4. The smallest absolute Gasteiger partial charge is 0.291 e. The number of H-pyrrole nitrogens is 1. The zero-order valence-electron chi connectivity index (χ0n) is 24.5. The van der Waals surface area contributed by atoms with Crippen LogP contribution in [0.25, 0.3) is 5.57 Å². The second-order valence-electron chi connectivity index (χ2n) is 13.6. The number of allylic oxidation sites excluding steroid dienone is 2. The fourth-order valence-electron chi connectivity index (χ4n) is 7.07.